The van der Waals surface area contributed by atoms with Gasteiger partial charge in [0.05, 0.1) is 21.6 Å². The van der Waals surface area contributed by atoms with Gasteiger partial charge in [0.2, 0.25) is 15.9 Å². The first-order valence-electron chi connectivity index (χ1n) is 14.8. The van der Waals surface area contributed by atoms with Crippen LogP contribution in [0.25, 0.3) is 0 Å². The van der Waals surface area contributed by atoms with Gasteiger partial charge in [-0.3, -0.25) is 9.59 Å². The Morgan fingerprint density at radius 2 is 1.47 bits per heavy atom. The summed E-state index contributed by atoms with van der Waals surface area (Å²) in [6.45, 7) is 0.0483. The minimum atomic E-state index is -5.04. The number of nitrogens with zero attached hydrogens (tertiary/aromatic N) is 2. The molecule has 1 N–H and O–H groups in total. The van der Waals surface area contributed by atoms with Gasteiger partial charge in [-0.25, -0.2) is 12.8 Å². The van der Waals surface area contributed by atoms with Crippen LogP contribution in [0.4, 0.5) is 30.7 Å². The van der Waals surface area contributed by atoms with Crippen molar-refractivity contribution in [2.24, 2.45) is 0 Å². The topological polar surface area (TPSA) is 86.8 Å². The minimum absolute atomic E-state index is 0.0241. The second-order valence-corrected chi connectivity index (χ2v) is 13.4. The number of likely N-dealkylation sites (tertiary alicyclic amines) is 1. The van der Waals surface area contributed by atoms with Crippen molar-refractivity contribution in [3.8, 4) is 0 Å². The molecule has 2 aliphatic rings. The monoisotopic (exact) mass is 685 g/mol. The maximum absolute atomic E-state index is 13.8. The van der Waals surface area contributed by atoms with Gasteiger partial charge in [-0.1, -0.05) is 36.4 Å². The highest BCUT2D eigenvalue weighted by Crippen LogP contribution is 2.38. The number of benzene rings is 3. The second kappa shape index (κ2) is 13.3. The average molecular weight is 686 g/mol. The normalized spacial score (nSPS) is 17.1. The molecule has 1 atom stereocenters. The molecule has 1 aliphatic carbocycles. The molecule has 15 heteroatoms. The third-order valence-corrected chi connectivity index (χ3v) is 10.2. The summed E-state index contributed by atoms with van der Waals surface area (Å²) in [4.78, 5) is 27.8. The van der Waals surface area contributed by atoms with Gasteiger partial charge in [0, 0.05) is 31.6 Å². The maximum atomic E-state index is 13.8. The number of rotatable bonds is 9. The molecular formula is C32H30F7N3O4S. The number of alkyl halides is 6. The van der Waals surface area contributed by atoms with E-state index in [4.69, 9.17) is 0 Å². The third-order valence-electron chi connectivity index (χ3n) is 8.20. The van der Waals surface area contributed by atoms with Crippen LogP contribution < -0.4 is 5.32 Å². The highest BCUT2D eigenvalue weighted by molar-refractivity contribution is 7.89. The van der Waals surface area contributed by atoms with E-state index < -0.39 is 79.7 Å². The number of hydrogen-bond donors (Lipinski definition) is 1. The molecule has 5 rings (SSSR count). The molecular weight excluding hydrogens is 655 g/mol. The molecule has 252 valence electrons. The lowest BCUT2D eigenvalue weighted by molar-refractivity contribution is -0.138. The van der Waals surface area contributed by atoms with Crippen LogP contribution in [0.15, 0.2) is 77.7 Å². The van der Waals surface area contributed by atoms with Crippen molar-refractivity contribution in [3.05, 3.63) is 101 Å². The van der Waals surface area contributed by atoms with Crippen molar-refractivity contribution in [3.63, 3.8) is 0 Å². The molecule has 2 amide bonds. The minimum Gasteiger partial charge on any atom is -0.341 e. The Hall–Kier alpha value is -3.98. The Kier molecular flexibility index (Phi) is 9.69. The first kappa shape index (κ1) is 34.4. The Balaban J connectivity index is 1.34. The molecule has 3 aromatic rings. The smallest absolute Gasteiger partial charge is 0.341 e. The number of carbonyl (C=O) groups excluding carboxylic acids is 2. The second-order valence-electron chi connectivity index (χ2n) is 11.6. The number of carbonyl (C=O) groups is 2. The largest absolute Gasteiger partial charge is 0.417 e. The van der Waals surface area contributed by atoms with E-state index in [-0.39, 0.29) is 38.4 Å². The van der Waals surface area contributed by atoms with Crippen molar-refractivity contribution < 1.29 is 48.7 Å². The average Bonchev–Trinajstić information content (AvgIpc) is 3.85. The van der Waals surface area contributed by atoms with Crippen LogP contribution >= 0.6 is 0 Å². The van der Waals surface area contributed by atoms with Gasteiger partial charge in [0.25, 0.3) is 5.91 Å². The highest BCUT2D eigenvalue weighted by Gasteiger charge is 2.45. The fraction of sp³-hybridized carbons (Fsp3) is 0.375. The van der Waals surface area contributed by atoms with Gasteiger partial charge in [-0.05, 0) is 67.6 Å². The summed E-state index contributed by atoms with van der Waals surface area (Å²) in [7, 11) is -4.33. The molecule has 1 aliphatic heterocycles. The molecule has 1 heterocycles. The lowest BCUT2D eigenvalue weighted by Gasteiger charge is -2.39. The molecule has 1 saturated heterocycles. The molecule has 47 heavy (non-hydrogen) atoms. The highest BCUT2D eigenvalue weighted by atomic mass is 32.2. The summed E-state index contributed by atoms with van der Waals surface area (Å²) < 4.78 is 123. The zero-order valence-corrected chi connectivity index (χ0v) is 25.5. The Morgan fingerprint density at radius 3 is 2.06 bits per heavy atom. The van der Waals surface area contributed by atoms with Crippen LogP contribution in [-0.2, 0) is 33.6 Å². The molecule has 3 aromatic carbocycles. The van der Waals surface area contributed by atoms with Gasteiger partial charge < -0.3 is 10.2 Å². The lowest BCUT2D eigenvalue weighted by Crippen LogP contribution is -2.54. The van der Waals surface area contributed by atoms with E-state index in [0.717, 1.165) is 18.2 Å². The number of amides is 2. The van der Waals surface area contributed by atoms with Gasteiger partial charge >= 0.3 is 12.4 Å². The summed E-state index contributed by atoms with van der Waals surface area (Å²) in [5.41, 5.74) is -2.85. The third kappa shape index (κ3) is 7.95. The molecule has 0 bridgehead atoms. The van der Waals surface area contributed by atoms with E-state index in [0.29, 0.717) is 36.6 Å². The van der Waals surface area contributed by atoms with E-state index in [1.54, 1.807) is 30.3 Å². The molecule has 0 spiro atoms. The van der Waals surface area contributed by atoms with Crippen molar-refractivity contribution in [2.45, 2.75) is 67.5 Å². The molecule has 0 aromatic heterocycles. The van der Waals surface area contributed by atoms with E-state index in [2.05, 4.69) is 5.32 Å². The zero-order chi connectivity index (χ0) is 34.1. The molecule has 0 radical (unpaired) electrons. The Labute approximate surface area is 266 Å². The molecule has 1 saturated carbocycles. The number of hydrogen-bond acceptors (Lipinski definition) is 4. The maximum Gasteiger partial charge on any atom is 0.417 e. The number of nitrogens with one attached hydrogen (secondary N) is 1. The SMILES string of the molecule is O=C(N[C@H](Cc1ccccc1)C(=O)N1CCC(N(C2CC2)S(=O)(=O)c2cccc(C(F)(F)F)c2)CC1)c1ccc(F)cc1C(F)(F)F. The Bertz CT molecular complexity index is 1720. The quantitative estimate of drug-likeness (QED) is 0.278. The molecule has 0 unspecified atom stereocenters. The summed E-state index contributed by atoms with van der Waals surface area (Å²) in [5.74, 6) is -3.03. The van der Waals surface area contributed by atoms with Crippen molar-refractivity contribution >= 4 is 21.8 Å². The summed E-state index contributed by atoms with van der Waals surface area (Å²) >= 11 is 0. The lowest BCUT2D eigenvalue weighted by atomic mass is 10.00. The van der Waals surface area contributed by atoms with Crippen molar-refractivity contribution in [1.29, 1.82) is 0 Å². The van der Waals surface area contributed by atoms with Crippen LogP contribution in [0.3, 0.4) is 0 Å². The van der Waals surface area contributed by atoms with Crippen LogP contribution in [0.2, 0.25) is 0 Å². The van der Waals surface area contributed by atoms with Crippen molar-refractivity contribution in [2.75, 3.05) is 13.1 Å². The standard InChI is InChI=1S/C32H30F7N3O4S/c33-22-9-12-26(27(19-22)32(37,38)39)29(43)40-28(17-20-5-2-1-3-6-20)30(44)41-15-13-24(14-16-41)42(23-10-11-23)47(45,46)25-8-4-7-21(18-25)31(34,35)36/h1-9,12,18-19,23-24,28H,10-11,13-17H2,(H,40,43)/t28-/m1/s1. The Morgan fingerprint density at radius 1 is 0.830 bits per heavy atom. The van der Waals surface area contributed by atoms with Gasteiger partial charge in [-0.2, -0.15) is 30.6 Å². The fourth-order valence-electron chi connectivity index (χ4n) is 5.77. The predicted octanol–water partition coefficient (Wildman–Crippen LogP) is 6.05. The van der Waals surface area contributed by atoms with Crippen molar-refractivity contribution in [1.82, 2.24) is 14.5 Å². The number of sulfonamides is 1. The van der Waals surface area contributed by atoms with Gasteiger partial charge in [0.15, 0.2) is 0 Å². The van der Waals surface area contributed by atoms with Crippen LogP contribution in [0.5, 0.6) is 0 Å². The first-order valence-corrected chi connectivity index (χ1v) is 16.2. The van der Waals surface area contributed by atoms with Gasteiger partial charge in [0.1, 0.15) is 11.9 Å². The molecule has 2 fully saturated rings. The van der Waals surface area contributed by atoms with Gasteiger partial charge in [-0.15, -0.1) is 0 Å². The summed E-state index contributed by atoms with van der Waals surface area (Å²) in [6, 6.07) is 11.2. The zero-order valence-electron chi connectivity index (χ0n) is 24.7. The van der Waals surface area contributed by atoms with E-state index >= 15 is 0 Å². The fourth-order valence-corrected chi connectivity index (χ4v) is 7.75. The first-order chi connectivity index (χ1) is 22.1. The van der Waals surface area contributed by atoms with Crippen LogP contribution in [0.1, 0.15) is 52.7 Å². The predicted molar refractivity (Wildman–Crippen MR) is 156 cm³/mol. The summed E-state index contributed by atoms with van der Waals surface area (Å²) in [6.07, 6.45) is -8.51. The van der Waals surface area contributed by atoms with Crippen LogP contribution in [0, 0.1) is 5.82 Å². The van der Waals surface area contributed by atoms with E-state index in [1.165, 1.54) is 9.21 Å². The number of piperidine rings is 1. The molecule has 7 nitrogen and oxygen atoms in total. The number of halogens is 7. The van der Waals surface area contributed by atoms with E-state index in [1.807, 2.05) is 0 Å². The van der Waals surface area contributed by atoms with E-state index in [9.17, 15) is 48.7 Å². The summed E-state index contributed by atoms with van der Waals surface area (Å²) in [5, 5.41) is 2.39. The van der Waals surface area contributed by atoms with Crippen LogP contribution in [-0.4, -0.2) is 60.7 Å².